The van der Waals surface area contributed by atoms with Crippen molar-refractivity contribution in [1.29, 1.82) is 0 Å². The number of ether oxygens (including phenoxy) is 1. The summed E-state index contributed by atoms with van der Waals surface area (Å²) in [6, 6.07) is 6.96. The topological polar surface area (TPSA) is 43.4 Å². The van der Waals surface area contributed by atoms with Crippen molar-refractivity contribution in [2.24, 2.45) is 0 Å². The molecular formula is C16H14O3S. The minimum Gasteiger partial charge on any atom is -0.368 e. The van der Waals surface area contributed by atoms with Crippen molar-refractivity contribution in [2.75, 3.05) is 6.61 Å². The Morgan fingerprint density at radius 3 is 2.40 bits per heavy atom. The highest BCUT2D eigenvalue weighted by Crippen LogP contribution is 2.33. The van der Waals surface area contributed by atoms with E-state index in [1.165, 1.54) is 0 Å². The zero-order chi connectivity index (χ0) is 14.3. The van der Waals surface area contributed by atoms with Gasteiger partial charge in [-0.25, -0.2) is 0 Å². The molecule has 4 heteroatoms. The van der Waals surface area contributed by atoms with Crippen LogP contribution in [0.25, 0.3) is 0 Å². The smallest absolute Gasteiger partial charge is 0.192 e. The molecular weight excluding hydrogens is 272 g/mol. The molecule has 3 nitrogen and oxygen atoms in total. The monoisotopic (exact) mass is 286 g/mol. The van der Waals surface area contributed by atoms with Gasteiger partial charge in [0.15, 0.2) is 11.6 Å². The van der Waals surface area contributed by atoms with Gasteiger partial charge in [-0.3, -0.25) is 9.59 Å². The zero-order valence-corrected chi connectivity index (χ0v) is 12.0. The van der Waals surface area contributed by atoms with Crippen LogP contribution in [0.15, 0.2) is 35.4 Å². The molecule has 0 amide bonds. The second-order valence-electron chi connectivity index (χ2n) is 4.98. The minimum atomic E-state index is -0.226. The Balaban J connectivity index is 2.02. The Morgan fingerprint density at radius 1 is 1.20 bits per heavy atom. The molecule has 0 aromatic heterocycles. The molecule has 3 rings (SSSR count). The van der Waals surface area contributed by atoms with Crippen LogP contribution in [0.5, 0.6) is 0 Å². The molecule has 20 heavy (non-hydrogen) atoms. The van der Waals surface area contributed by atoms with Gasteiger partial charge < -0.3 is 4.74 Å². The van der Waals surface area contributed by atoms with Crippen LogP contribution in [-0.2, 0) is 4.74 Å². The maximum Gasteiger partial charge on any atom is 0.192 e. The van der Waals surface area contributed by atoms with Crippen molar-refractivity contribution in [3.05, 3.63) is 46.5 Å². The fourth-order valence-corrected chi connectivity index (χ4v) is 2.86. The van der Waals surface area contributed by atoms with E-state index in [2.05, 4.69) is 0 Å². The first-order valence-corrected chi connectivity index (χ1v) is 7.09. The summed E-state index contributed by atoms with van der Waals surface area (Å²) in [5.74, 6) is -0.140. The SMILES string of the molecule is CCC(=S)C1CC2=C(CO1)C(=O)c1ccccc1C2=O. The van der Waals surface area contributed by atoms with Crippen LogP contribution in [0, 0.1) is 0 Å². The number of benzene rings is 1. The van der Waals surface area contributed by atoms with Gasteiger partial charge in [0, 0.05) is 33.6 Å². The van der Waals surface area contributed by atoms with E-state index in [9.17, 15) is 9.59 Å². The van der Waals surface area contributed by atoms with Crippen molar-refractivity contribution in [2.45, 2.75) is 25.9 Å². The van der Waals surface area contributed by atoms with Gasteiger partial charge in [-0.1, -0.05) is 43.4 Å². The molecule has 1 heterocycles. The minimum absolute atomic E-state index is 0.0533. The van der Waals surface area contributed by atoms with Gasteiger partial charge in [-0.05, 0) is 6.42 Å². The van der Waals surface area contributed by atoms with Crippen molar-refractivity contribution in [3.8, 4) is 0 Å². The standard InChI is InChI=1S/C16H14O3S/c1-2-14(20)13-7-11-12(8-19-13)16(18)10-6-4-3-5-9(10)15(11)17/h3-6,13H,2,7-8H2,1H3. The van der Waals surface area contributed by atoms with Gasteiger partial charge in [-0.15, -0.1) is 0 Å². The first-order valence-electron chi connectivity index (χ1n) is 6.68. The first kappa shape index (κ1) is 13.3. The number of ketones is 2. The van der Waals surface area contributed by atoms with E-state index in [1.807, 2.05) is 6.92 Å². The number of carbonyl (C=O) groups excluding carboxylic acids is 2. The van der Waals surface area contributed by atoms with Crippen LogP contribution in [0.2, 0.25) is 0 Å². The maximum absolute atomic E-state index is 12.5. The van der Waals surface area contributed by atoms with E-state index in [4.69, 9.17) is 17.0 Å². The van der Waals surface area contributed by atoms with Gasteiger partial charge in [0.2, 0.25) is 0 Å². The molecule has 1 aliphatic carbocycles. The number of hydrogen-bond donors (Lipinski definition) is 0. The zero-order valence-electron chi connectivity index (χ0n) is 11.1. The third kappa shape index (κ3) is 1.96. The van der Waals surface area contributed by atoms with E-state index in [-0.39, 0.29) is 24.3 Å². The number of Topliss-reactive ketones (excluding diaryl/α,β-unsaturated/α-hetero) is 2. The maximum atomic E-state index is 12.5. The molecule has 1 unspecified atom stereocenters. The van der Waals surface area contributed by atoms with Crippen molar-refractivity contribution < 1.29 is 14.3 Å². The highest BCUT2D eigenvalue weighted by atomic mass is 32.1. The van der Waals surface area contributed by atoms with Gasteiger partial charge in [-0.2, -0.15) is 0 Å². The van der Waals surface area contributed by atoms with Gasteiger partial charge in [0.05, 0.1) is 12.7 Å². The van der Waals surface area contributed by atoms with Crippen LogP contribution < -0.4 is 0 Å². The Bertz CT molecular complexity index is 657. The summed E-state index contributed by atoms with van der Waals surface area (Å²) in [6.07, 6.45) is 0.929. The predicted octanol–water partition coefficient (Wildman–Crippen LogP) is 2.93. The van der Waals surface area contributed by atoms with Crippen LogP contribution in [0.4, 0.5) is 0 Å². The average molecular weight is 286 g/mol. The summed E-state index contributed by atoms with van der Waals surface area (Å²) in [6.45, 7) is 2.15. The molecule has 0 N–H and O–H groups in total. The Kier molecular flexibility index (Phi) is 3.36. The van der Waals surface area contributed by atoms with E-state index in [1.54, 1.807) is 24.3 Å². The average Bonchev–Trinajstić information content (AvgIpc) is 2.51. The molecule has 0 bridgehead atoms. The normalized spacial score (nSPS) is 21.6. The highest BCUT2D eigenvalue weighted by Gasteiger charge is 2.36. The first-order chi connectivity index (χ1) is 9.63. The number of thiocarbonyl (C=S) groups is 1. The van der Waals surface area contributed by atoms with E-state index >= 15 is 0 Å². The Hall–Kier alpha value is -1.65. The molecule has 1 aromatic rings. The number of hydrogen-bond acceptors (Lipinski definition) is 4. The second kappa shape index (κ2) is 5.04. The molecule has 0 fully saturated rings. The summed E-state index contributed by atoms with van der Waals surface area (Å²) in [5.41, 5.74) is 2.07. The van der Waals surface area contributed by atoms with Crippen molar-refractivity contribution >= 4 is 28.6 Å². The lowest BCUT2D eigenvalue weighted by molar-refractivity contribution is 0.0793. The van der Waals surface area contributed by atoms with E-state index < -0.39 is 0 Å². The fourth-order valence-electron chi connectivity index (χ4n) is 2.71. The summed E-state index contributed by atoms with van der Waals surface area (Å²) >= 11 is 5.27. The third-order valence-corrected chi connectivity index (χ3v) is 4.41. The Morgan fingerprint density at radius 2 is 1.80 bits per heavy atom. The Labute approximate surface area is 122 Å². The summed E-state index contributed by atoms with van der Waals surface area (Å²) in [5, 5.41) is 0. The van der Waals surface area contributed by atoms with Crippen LogP contribution >= 0.6 is 12.2 Å². The quantitative estimate of drug-likeness (QED) is 0.784. The predicted molar refractivity (Wildman–Crippen MR) is 79.4 cm³/mol. The van der Waals surface area contributed by atoms with Crippen LogP contribution in [0.1, 0.15) is 40.5 Å². The lowest BCUT2D eigenvalue weighted by Gasteiger charge is -2.30. The summed E-state index contributed by atoms with van der Waals surface area (Å²) < 4.78 is 5.66. The number of fused-ring (bicyclic) bond motifs is 1. The third-order valence-electron chi connectivity index (χ3n) is 3.85. The highest BCUT2D eigenvalue weighted by molar-refractivity contribution is 7.80. The van der Waals surface area contributed by atoms with Crippen LogP contribution in [-0.4, -0.2) is 29.1 Å². The van der Waals surface area contributed by atoms with Gasteiger partial charge in [0.1, 0.15) is 0 Å². The molecule has 102 valence electrons. The van der Waals surface area contributed by atoms with Crippen molar-refractivity contribution in [1.82, 2.24) is 0 Å². The molecule has 1 aromatic carbocycles. The molecule has 0 saturated heterocycles. The van der Waals surface area contributed by atoms with Crippen LogP contribution in [0.3, 0.4) is 0 Å². The molecule has 0 spiro atoms. The van der Waals surface area contributed by atoms with Crippen molar-refractivity contribution in [3.63, 3.8) is 0 Å². The lowest BCUT2D eigenvalue weighted by atomic mass is 9.80. The van der Waals surface area contributed by atoms with Gasteiger partial charge in [0.25, 0.3) is 0 Å². The van der Waals surface area contributed by atoms with E-state index in [0.29, 0.717) is 28.7 Å². The summed E-state index contributed by atoms with van der Waals surface area (Å²) in [7, 11) is 0. The number of rotatable bonds is 2. The molecule has 0 radical (unpaired) electrons. The molecule has 1 atom stereocenters. The van der Waals surface area contributed by atoms with E-state index in [0.717, 1.165) is 11.3 Å². The second-order valence-corrected chi connectivity index (χ2v) is 5.51. The lowest BCUT2D eigenvalue weighted by Crippen LogP contribution is -2.35. The molecule has 2 aliphatic rings. The number of carbonyl (C=O) groups is 2. The fraction of sp³-hybridized carbons (Fsp3) is 0.312. The van der Waals surface area contributed by atoms with Gasteiger partial charge >= 0.3 is 0 Å². The molecule has 0 saturated carbocycles. The summed E-state index contributed by atoms with van der Waals surface area (Å²) in [4.78, 5) is 25.8. The largest absolute Gasteiger partial charge is 0.368 e. The molecule has 1 aliphatic heterocycles.